The van der Waals surface area contributed by atoms with Gasteiger partial charge in [-0.3, -0.25) is 14.5 Å². The van der Waals surface area contributed by atoms with E-state index in [2.05, 4.69) is 18.1 Å². The third-order valence-corrected chi connectivity index (χ3v) is 7.47. The van der Waals surface area contributed by atoms with E-state index >= 15 is 0 Å². The first-order chi connectivity index (χ1) is 19.8. The van der Waals surface area contributed by atoms with Crippen LogP contribution < -0.4 is 19.1 Å². The number of esters is 1. The fourth-order valence-electron chi connectivity index (χ4n) is 4.47. The van der Waals surface area contributed by atoms with E-state index in [4.69, 9.17) is 18.9 Å². The third-order valence-electron chi connectivity index (χ3n) is 6.33. The van der Waals surface area contributed by atoms with Crippen molar-refractivity contribution >= 4 is 39.9 Å². The molecule has 1 atom stereocenters. The Balaban J connectivity index is 1.63. The summed E-state index contributed by atoms with van der Waals surface area (Å²) in [7, 11) is 0. The van der Waals surface area contributed by atoms with Gasteiger partial charge < -0.3 is 24.1 Å². The Labute approximate surface area is 239 Å². The van der Waals surface area contributed by atoms with Gasteiger partial charge in [0.1, 0.15) is 42.8 Å². The highest BCUT2D eigenvalue weighted by atomic mass is 32.1. The van der Waals surface area contributed by atoms with Crippen LogP contribution in [0.25, 0.3) is 5.76 Å². The maximum Gasteiger partial charge on any atom is 0.350 e. The molecular weight excluding hydrogens is 548 g/mol. The molecule has 3 aromatic rings. The molecule has 5 rings (SSSR count). The first-order valence-electron chi connectivity index (χ1n) is 12.6. The third kappa shape index (κ3) is 5.31. The first-order valence-corrected chi connectivity index (χ1v) is 13.5. The molecule has 210 valence electrons. The molecule has 3 heterocycles. The summed E-state index contributed by atoms with van der Waals surface area (Å²) < 4.78 is 21.9. The van der Waals surface area contributed by atoms with Gasteiger partial charge in [-0.15, -0.1) is 0 Å². The molecule has 2 aromatic carbocycles. The number of rotatable bonds is 9. The van der Waals surface area contributed by atoms with Crippen LogP contribution in [0.3, 0.4) is 0 Å². The van der Waals surface area contributed by atoms with Crippen LogP contribution in [0.2, 0.25) is 0 Å². The lowest BCUT2D eigenvalue weighted by molar-refractivity contribution is -0.132. The van der Waals surface area contributed by atoms with Crippen molar-refractivity contribution < 1.29 is 38.4 Å². The Morgan fingerprint density at radius 3 is 2.51 bits per heavy atom. The van der Waals surface area contributed by atoms with Crippen molar-refractivity contribution in [2.75, 3.05) is 31.3 Å². The minimum absolute atomic E-state index is 0.00578. The summed E-state index contributed by atoms with van der Waals surface area (Å²) in [5, 5.41) is 11.6. The number of anilines is 1. The zero-order valence-corrected chi connectivity index (χ0v) is 22.9. The van der Waals surface area contributed by atoms with E-state index in [1.54, 1.807) is 55.5 Å². The molecule has 1 amide bonds. The molecule has 2 aliphatic rings. The van der Waals surface area contributed by atoms with Gasteiger partial charge in [0.05, 0.1) is 17.3 Å². The van der Waals surface area contributed by atoms with Gasteiger partial charge in [-0.25, -0.2) is 9.78 Å². The van der Waals surface area contributed by atoms with Crippen LogP contribution in [0, 0.1) is 6.92 Å². The predicted molar refractivity (Wildman–Crippen MR) is 152 cm³/mol. The Morgan fingerprint density at radius 2 is 1.80 bits per heavy atom. The molecule has 0 saturated carbocycles. The summed E-state index contributed by atoms with van der Waals surface area (Å²) >= 11 is 0.918. The van der Waals surface area contributed by atoms with Gasteiger partial charge in [-0.2, -0.15) is 0 Å². The Kier molecular flexibility index (Phi) is 7.88. The normalized spacial score (nSPS) is 17.3. The smallest absolute Gasteiger partial charge is 0.350 e. The summed E-state index contributed by atoms with van der Waals surface area (Å²) in [6.45, 7) is 9.82. The van der Waals surface area contributed by atoms with Crippen LogP contribution in [0.15, 0.2) is 73.3 Å². The maximum atomic E-state index is 13.5. The number of carbonyl (C=O) groups is 3. The molecule has 0 spiro atoms. The molecule has 0 radical (unpaired) electrons. The molecule has 2 aliphatic heterocycles. The molecule has 1 saturated heterocycles. The van der Waals surface area contributed by atoms with Crippen molar-refractivity contribution in [3.05, 3.63) is 95.0 Å². The summed E-state index contributed by atoms with van der Waals surface area (Å²) in [4.78, 5) is 45.4. The van der Waals surface area contributed by atoms with E-state index in [9.17, 15) is 19.5 Å². The lowest BCUT2D eigenvalue weighted by atomic mass is 9.95. The summed E-state index contributed by atoms with van der Waals surface area (Å²) in [5.41, 5.74) is 0.972. The van der Waals surface area contributed by atoms with Crippen LogP contribution in [0.5, 0.6) is 17.2 Å². The standard InChI is InChI=1S/C30H26N2O8S/c1-4-12-37-20-9-6-18(7-10-20)24-23(25(33)19-8-11-21-22(16-19)39-15-14-38-21)26(34)28(35)32(24)30-31-17(3)27(41-30)29(36)40-13-5-2/h4-11,16,24,33H,1-2,12-15H2,3H3. The molecular formula is C30H26N2O8S. The molecule has 11 heteroatoms. The SMILES string of the molecule is C=CCOC(=O)c1sc(N2C(=O)C(=O)C(=C(O)c3ccc4c(c3)OCCO4)C2c2ccc(OCC=C)cc2)nc1C. The minimum atomic E-state index is -1.06. The Morgan fingerprint density at radius 1 is 1.10 bits per heavy atom. The van der Waals surface area contributed by atoms with Gasteiger partial charge in [0.15, 0.2) is 16.6 Å². The average molecular weight is 575 g/mol. The number of hydrogen-bond acceptors (Lipinski definition) is 10. The lowest BCUT2D eigenvalue weighted by Gasteiger charge is -2.23. The minimum Gasteiger partial charge on any atom is -0.507 e. The highest BCUT2D eigenvalue weighted by Gasteiger charge is 2.48. The van der Waals surface area contributed by atoms with E-state index in [0.717, 1.165) is 11.3 Å². The van der Waals surface area contributed by atoms with Gasteiger partial charge >= 0.3 is 11.9 Å². The average Bonchev–Trinajstić information content (AvgIpc) is 3.50. The van der Waals surface area contributed by atoms with Crippen molar-refractivity contribution in [1.29, 1.82) is 0 Å². The molecule has 10 nitrogen and oxygen atoms in total. The number of Topliss-reactive ketones (excluding diaryl/α,β-unsaturated/α-hetero) is 1. The summed E-state index contributed by atoms with van der Waals surface area (Å²) in [6.07, 6.45) is 3.05. The summed E-state index contributed by atoms with van der Waals surface area (Å²) in [5.74, 6) is -1.35. The van der Waals surface area contributed by atoms with Gasteiger partial charge in [0.2, 0.25) is 0 Å². The second-order valence-electron chi connectivity index (χ2n) is 8.99. The van der Waals surface area contributed by atoms with Crippen molar-refractivity contribution in [2.24, 2.45) is 0 Å². The molecule has 1 unspecified atom stereocenters. The highest BCUT2D eigenvalue weighted by Crippen LogP contribution is 2.45. The first kappa shape index (κ1) is 27.7. The van der Waals surface area contributed by atoms with E-state index in [0.29, 0.717) is 48.3 Å². The fourth-order valence-corrected chi connectivity index (χ4v) is 5.46. The molecule has 0 bridgehead atoms. The lowest BCUT2D eigenvalue weighted by Crippen LogP contribution is -2.29. The Bertz CT molecular complexity index is 1570. The van der Waals surface area contributed by atoms with E-state index < -0.39 is 29.5 Å². The largest absolute Gasteiger partial charge is 0.507 e. The molecule has 1 fully saturated rings. The second-order valence-corrected chi connectivity index (χ2v) is 9.97. The van der Waals surface area contributed by atoms with Crippen molar-refractivity contribution in [1.82, 2.24) is 4.98 Å². The van der Waals surface area contributed by atoms with Crippen LogP contribution in [-0.2, 0) is 14.3 Å². The van der Waals surface area contributed by atoms with Crippen LogP contribution in [0.4, 0.5) is 5.13 Å². The van der Waals surface area contributed by atoms with E-state index in [-0.39, 0.29) is 27.8 Å². The van der Waals surface area contributed by atoms with Crippen LogP contribution in [-0.4, -0.2) is 54.2 Å². The van der Waals surface area contributed by atoms with Gasteiger partial charge in [0.25, 0.3) is 5.78 Å². The molecule has 1 N–H and O–H groups in total. The number of fused-ring (bicyclic) bond motifs is 1. The molecule has 1 aromatic heterocycles. The van der Waals surface area contributed by atoms with Gasteiger partial charge in [0, 0.05) is 5.56 Å². The van der Waals surface area contributed by atoms with Gasteiger partial charge in [-0.1, -0.05) is 48.8 Å². The number of hydrogen-bond donors (Lipinski definition) is 1. The number of aliphatic hydroxyl groups excluding tert-OH is 1. The summed E-state index contributed by atoms with van der Waals surface area (Å²) in [6, 6.07) is 10.5. The predicted octanol–water partition coefficient (Wildman–Crippen LogP) is 4.76. The second kappa shape index (κ2) is 11.7. The topological polar surface area (TPSA) is 124 Å². The number of benzene rings is 2. The zero-order chi connectivity index (χ0) is 29.1. The number of thiazole rings is 1. The number of aromatic nitrogens is 1. The van der Waals surface area contributed by atoms with E-state index in [1.165, 1.54) is 11.0 Å². The van der Waals surface area contributed by atoms with Crippen molar-refractivity contribution in [3.63, 3.8) is 0 Å². The number of carbonyl (C=O) groups excluding carboxylic acids is 3. The number of aryl methyl sites for hydroxylation is 1. The highest BCUT2D eigenvalue weighted by molar-refractivity contribution is 7.17. The quantitative estimate of drug-likeness (QED) is 0.127. The van der Waals surface area contributed by atoms with Crippen molar-refractivity contribution in [2.45, 2.75) is 13.0 Å². The zero-order valence-electron chi connectivity index (χ0n) is 22.1. The number of amides is 1. The van der Waals surface area contributed by atoms with Crippen LogP contribution >= 0.6 is 11.3 Å². The molecule has 0 aliphatic carbocycles. The number of aliphatic hydroxyl groups is 1. The fraction of sp³-hybridized carbons (Fsp3) is 0.200. The number of nitrogens with zero attached hydrogens (tertiary/aromatic N) is 2. The molecule has 41 heavy (non-hydrogen) atoms. The van der Waals surface area contributed by atoms with Crippen LogP contribution in [0.1, 0.15) is 32.5 Å². The monoisotopic (exact) mass is 574 g/mol. The number of ketones is 1. The Hall–Kier alpha value is -4.90. The maximum absolute atomic E-state index is 13.5. The van der Waals surface area contributed by atoms with E-state index in [1.807, 2.05) is 0 Å². The van der Waals surface area contributed by atoms with Gasteiger partial charge in [-0.05, 0) is 42.8 Å². The van der Waals surface area contributed by atoms with Crippen molar-refractivity contribution in [3.8, 4) is 17.2 Å². The number of ether oxygens (including phenoxy) is 4.